The molecule has 3 aromatic rings. The Hall–Kier alpha value is -3.39. The van der Waals surface area contributed by atoms with E-state index >= 15 is 0 Å². The minimum atomic E-state index is -5.13. The number of hydrogen-bond acceptors (Lipinski definition) is 7. The van der Waals surface area contributed by atoms with E-state index in [1.807, 2.05) is 0 Å². The molecule has 170 valence electrons. The second-order valence-corrected chi connectivity index (χ2v) is 8.66. The van der Waals surface area contributed by atoms with Gasteiger partial charge in [0.15, 0.2) is 15.5 Å². The van der Waals surface area contributed by atoms with Gasteiger partial charge < -0.3 is 10.6 Å². The van der Waals surface area contributed by atoms with Crippen LogP contribution in [0.1, 0.15) is 5.69 Å². The van der Waals surface area contributed by atoms with E-state index in [0.717, 1.165) is 6.26 Å². The Kier molecular flexibility index (Phi) is 5.78. The fourth-order valence-corrected chi connectivity index (χ4v) is 3.53. The van der Waals surface area contributed by atoms with Crippen LogP contribution in [0.5, 0.6) is 11.6 Å². The molecule has 0 aliphatic rings. The van der Waals surface area contributed by atoms with Gasteiger partial charge in [-0.05, 0) is 18.2 Å². The molecule has 0 amide bonds. The third-order valence-corrected chi connectivity index (χ3v) is 5.42. The maximum Gasteiger partial charge on any atom is 0.433 e. The number of alkyl halides is 3. The topological polar surface area (TPSA) is 126 Å². The molecule has 3 rings (SSSR count). The molecule has 0 unspecified atom stereocenters. The van der Waals surface area contributed by atoms with Crippen molar-refractivity contribution in [1.29, 1.82) is 0 Å². The summed E-state index contributed by atoms with van der Waals surface area (Å²) >= 11 is 5.91. The van der Waals surface area contributed by atoms with Gasteiger partial charge in [0.05, 0.1) is 10.7 Å². The summed E-state index contributed by atoms with van der Waals surface area (Å²) in [5.74, 6) is 2.98. The zero-order valence-corrected chi connectivity index (χ0v) is 17.3. The van der Waals surface area contributed by atoms with E-state index in [-0.39, 0.29) is 20.2 Å². The maximum absolute atomic E-state index is 14.5. The predicted octanol–water partition coefficient (Wildman–Crippen LogP) is 2.12. The molecule has 0 radical (unpaired) electrons. The van der Waals surface area contributed by atoms with Gasteiger partial charge in [-0.25, -0.2) is 31.8 Å². The van der Waals surface area contributed by atoms with Gasteiger partial charge >= 0.3 is 11.9 Å². The standard InChI is InChI=1S/C17H11ClF4N4O5S/c1-32(29,30)12-3-2-4-24-15(12)31-11-6-10(9(19)5-8(11)18)25-14(27)7-13(17(20,21)22)26(23)16(25)28/h2-7H,23H2,1H3. The lowest BCUT2D eigenvalue weighted by molar-refractivity contribution is -0.143. The van der Waals surface area contributed by atoms with Crippen LogP contribution in [-0.2, 0) is 16.0 Å². The van der Waals surface area contributed by atoms with Crippen LogP contribution in [-0.4, -0.2) is 28.9 Å². The van der Waals surface area contributed by atoms with Crippen LogP contribution < -0.4 is 21.8 Å². The Morgan fingerprint density at radius 3 is 2.44 bits per heavy atom. The minimum absolute atomic E-state index is 0.0104. The van der Waals surface area contributed by atoms with Gasteiger partial charge in [-0.3, -0.25) is 4.79 Å². The molecule has 1 aromatic carbocycles. The second-order valence-electron chi connectivity index (χ2n) is 6.27. The van der Waals surface area contributed by atoms with Crippen LogP contribution in [0.3, 0.4) is 0 Å². The van der Waals surface area contributed by atoms with Gasteiger partial charge in [-0.1, -0.05) is 11.6 Å². The number of aromatic nitrogens is 3. The first-order valence-corrected chi connectivity index (χ1v) is 10.5. The smallest absolute Gasteiger partial charge is 0.433 e. The highest BCUT2D eigenvalue weighted by Crippen LogP contribution is 2.34. The summed E-state index contributed by atoms with van der Waals surface area (Å²) in [4.78, 5) is 27.9. The van der Waals surface area contributed by atoms with Crippen molar-refractivity contribution in [3.63, 3.8) is 0 Å². The van der Waals surface area contributed by atoms with E-state index in [1.165, 1.54) is 18.3 Å². The number of halogens is 5. The van der Waals surface area contributed by atoms with E-state index in [9.17, 15) is 35.6 Å². The van der Waals surface area contributed by atoms with Gasteiger partial charge in [-0.2, -0.15) is 13.2 Å². The third-order valence-electron chi connectivity index (χ3n) is 4.01. The Morgan fingerprint density at radius 2 is 1.84 bits per heavy atom. The number of rotatable bonds is 4. The van der Waals surface area contributed by atoms with Crippen LogP contribution in [0.25, 0.3) is 5.69 Å². The first-order chi connectivity index (χ1) is 14.7. The van der Waals surface area contributed by atoms with Gasteiger partial charge in [0.2, 0.25) is 5.88 Å². The Morgan fingerprint density at radius 1 is 1.19 bits per heavy atom. The number of nitrogens with two attached hydrogens (primary N) is 1. The van der Waals surface area contributed by atoms with Gasteiger partial charge in [0.25, 0.3) is 5.56 Å². The molecule has 2 aromatic heterocycles. The molecule has 0 aliphatic heterocycles. The molecule has 0 spiro atoms. The lowest BCUT2D eigenvalue weighted by Gasteiger charge is -2.15. The highest BCUT2D eigenvalue weighted by atomic mass is 35.5. The van der Waals surface area contributed by atoms with Crippen molar-refractivity contribution in [2.24, 2.45) is 0 Å². The Labute approximate surface area is 181 Å². The summed E-state index contributed by atoms with van der Waals surface area (Å²) in [5.41, 5.74) is -5.83. The van der Waals surface area contributed by atoms with E-state index < -0.39 is 61.1 Å². The molecule has 0 saturated carbocycles. The molecule has 32 heavy (non-hydrogen) atoms. The highest BCUT2D eigenvalue weighted by Gasteiger charge is 2.36. The third kappa shape index (κ3) is 4.31. The summed E-state index contributed by atoms with van der Waals surface area (Å²) in [7, 11) is -3.81. The molecule has 9 nitrogen and oxygen atoms in total. The van der Waals surface area contributed by atoms with Crippen LogP contribution in [0.2, 0.25) is 5.02 Å². The average Bonchev–Trinajstić information content (AvgIpc) is 2.66. The summed E-state index contributed by atoms with van der Waals surface area (Å²) in [6.07, 6.45) is -3.06. The van der Waals surface area contributed by atoms with Crippen molar-refractivity contribution < 1.29 is 30.7 Å². The first kappa shape index (κ1) is 23.3. The van der Waals surface area contributed by atoms with E-state index in [4.69, 9.17) is 22.2 Å². The molecule has 0 aliphatic carbocycles. The predicted molar refractivity (Wildman–Crippen MR) is 104 cm³/mol. The quantitative estimate of drug-likeness (QED) is 0.435. The van der Waals surface area contributed by atoms with Crippen molar-refractivity contribution in [2.75, 3.05) is 12.1 Å². The molecular formula is C17H11ClF4N4O5S. The SMILES string of the molecule is CS(=O)(=O)c1cccnc1Oc1cc(-n2c(=O)cc(C(F)(F)F)n(N)c2=O)c(F)cc1Cl. The largest absolute Gasteiger partial charge is 0.436 e. The van der Waals surface area contributed by atoms with E-state index in [0.29, 0.717) is 12.1 Å². The molecular weight excluding hydrogens is 484 g/mol. The molecule has 0 fully saturated rings. The van der Waals surface area contributed by atoms with Crippen LogP contribution in [0.15, 0.2) is 51.0 Å². The summed E-state index contributed by atoms with van der Waals surface area (Å²) < 4.78 is 82.2. The average molecular weight is 495 g/mol. The van der Waals surface area contributed by atoms with Crippen molar-refractivity contribution in [3.05, 3.63) is 73.9 Å². The summed E-state index contributed by atoms with van der Waals surface area (Å²) in [6.45, 7) is 0. The van der Waals surface area contributed by atoms with Crippen molar-refractivity contribution >= 4 is 21.4 Å². The minimum Gasteiger partial charge on any atom is -0.436 e. The van der Waals surface area contributed by atoms with E-state index in [2.05, 4.69) is 4.98 Å². The highest BCUT2D eigenvalue weighted by molar-refractivity contribution is 7.90. The number of ether oxygens (including phenoxy) is 1. The second kappa shape index (κ2) is 7.94. The summed E-state index contributed by atoms with van der Waals surface area (Å²) in [6, 6.07) is 3.82. The zero-order chi connectivity index (χ0) is 24.0. The number of pyridine rings is 1. The maximum atomic E-state index is 14.5. The summed E-state index contributed by atoms with van der Waals surface area (Å²) in [5, 5.41) is -0.413. The number of hydrogen-bond donors (Lipinski definition) is 1. The Bertz CT molecular complexity index is 1450. The normalized spacial score (nSPS) is 12.1. The lowest BCUT2D eigenvalue weighted by atomic mass is 10.2. The molecule has 2 N–H and O–H groups in total. The fraction of sp³-hybridized carbons (Fsp3) is 0.118. The molecule has 0 atom stereocenters. The first-order valence-electron chi connectivity index (χ1n) is 8.25. The number of benzene rings is 1. The zero-order valence-electron chi connectivity index (χ0n) is 15.7. The van der Waals surface area contributed by atoms with Crippen molar-refractivity contribution in [3.8, 4) is 17.3 Å². The van der Waals surface area contributed by atoms with Gasteiger partial charge in [0.1, 0.15) is 16.5 Å². The van der Waals surface area contributed by atoms with Crippen molar-refractivity contribution in [2.45, 2.75) is 11.1 Å². The molecule has 0 saturated heterocycles. The number of nitrogen functional groups attached to an aromatic ring is 1. The molecule has 2 heterocycles. The molecule has 15 heteroatoms. The monoisotopic (exact) mass is 494 g/mol. The van der Waals surface area contributed by atoms with Crippen LogP contribution in [0.4, 0.5) is 17.6 Å². The lowest BCUT2D eigenvalue weighted by Crippen LogP contribution is -2.45. The number of nitrogens with zero attached hydrogens (tertiary/aromatic N) is 3. The Balaban J connectivity index is 2.22. The van der Waals surface area contributed by atoms with Crippen molar-refractivity contribution in [1.82, 2.24) is 14.2 Å². The van der Waals surface area contributed by atoms with Crippen LogP contribution >= 0.6 is 11.6 Å². The van der Waals surface area contributed by atoms with Gasteiger partial charge in [-0.15, -0.1) is 0 Å². The molecule has 0 bridgehead atoms. The van der Waals surface area contributed by atoms with E-state index in [1.54, 1.807) is 0 Å². The van der Waals surface area contributed by atoms with Crippen LogP contribution in [0, 0.1) is 5.82 Å². The number of sulfone groups is 1. The van der Waals surface area contributed by atoms with Gasteiger partial charge in [0, 0.05) is 24.6 Å². The fourth-order valence-electron chi connectivity index (χ4n) is 2.60.